The zero-order chi connectivity index (χ0) is 25.0. The molecule has 0 aliphatic heterocycles. The minimum absolute atomic E-state index is 0.0751. The van der Waals surface area contributed by atoms with Gasteiger partial charge in [-0.1, -0.05) is 36.4 Å². The van der Waals surface area contributed by atoms with Crippen LogP contribution in [0, 0.1) is 6.92 Å². The monoisotopic (exact) mass is 490 g/mol. The summed E-state index contributed by atoms with van der Waals surface area (Å²) in [6.07, 6.45) is 0. The molecule has 4 aromatic rings. The Morgan fingerprint density at radius 3 is 2.26 bits per heavy atom. The van der Waals surface area contributed by atoms with Gasteiger partial charge in [0.15, 0.2) is 5.78 Å². The molecule has 8 nitrogen and oxygen atoms in total. The standard InChI is InChI=1S/C26H26N4O4S/c1-18(31)21-11-13-23(14-12-21)35(33,34)28-17-20-7-9-22(10-8-20)26(32)27-15-16-30-19(2)29-24-5-3-4-6-25(24)30/h3-14,28H,15-17H2,1-2H3,(H,27,32). The minimum atomic E-state index is -3.73. The number of hydrogen-bond acceptors (Lipinski definition) is 5. The Kier molecular flexibility index (Phi) is 7.09. The molecule has 0 saturated heterocycles. The summed E-state index contributed by atoms with van der Waals surface area (Å²) in [5.41, 5.74) is 3.61. The van der Waals surface area contributed by atoms with Crippen LogP contribution in [0.4, 0.5) is 0 Å². The van der Waals surface area contributed by atoms with E-state index < -0.39 is 10.0 Å². The summed E-state index contributed by atoms with van der Waals surface area (Å²) in [6.45, 7) is 4.49. The van der Waals surface area contributed by atoms with Crippen molar-refractivity contribution >= 4 is 32.7 Å². The predicted octanol–water partition coefficient (Wildman–Crippen LogP) is 3.46. The second-order valence-electron chi connectivity index (χ2n) is 8.16. The molecule has 35 heavy (non-hydrogen) atoms. The van der Waals surface area contributed by atoms with Gasteiger partial charge in [0, 0.05) is 30.8 Å². The summed E-state index contributed by atoms with van der Waals surface area (Å²) >= 11 is 0. The quantitative estimate of drug-likeness (QED) is 0.349. The van der Waals surface area contributed by atoms with Gasteiger partial charge in [0.25, 0.3) is 5.91 Å². The number of fused-ring (bicyclic) bond motifs is 1. The fourth-order valence-electron chi connectivity index (χ4n) is 3.77. The summed E-state index contributed by atoms with van der Waals surface area (Å²) in [4.78, 5) is 28.5. The second-order valence-corrected chi connectivity index (χ2v) is 9.92. The average Bonchev–Trinajstić information content (AvgIpc) is 3.18. The van der Waals surface area contributed by atoms with Gasteiger partial charge in [-0.25, -0.2) is 18.1 Å². The van der Waals surface area contributed by atoms with Crippen molar-refractivity contribution in [2.45, 2.75) is 31.8 Å². The smallest absolute Gasteiger partial charge is 0.251 e. The Labute approximate surface area is 204 Å². The van der Waals surface area contributed by atoms with Gasteiger partial charge < -0.3 is 9.88 Å². The molecule has 4 rings (SSSR count). The van der Waals surface area contributed by atoms with Crippen molar-refractivity contribution in [3.8, 4) is 0 Å². The molecule has 0 fully saturated rings. The molecule has 3 aromatic carbocycles. The highest BCUT2D eigenvalue weighted by Crippen LogP contribution is 2.15. The van der Waals surface area contributed by atoms with Gasteiger partial charge in [-0.2, -0.15) is 0 Å². The first-order valence-corrected chi connectivity index (χ1v) is 12.6. The van der Waals surface area contributed by atoms with E-state index in [-0.39, 0.29) is 23.1 Å². The van der Waals surface area contributed by atoms with Crippen LogP contribution < -0.4 is 10.0 Å². The maximum Gasteiger partial charge on any atom is 0.251 e. The number of Topliss-reactive ketones (excluding diaryl/α,β-unsaturated/α-hetero) is 1. The van der Waals surface area contributed by atoms with Crippen molar-refractivity contribution in [1.29, 1.82) is 0 Å². The Bertz CT molecular complexity index is 1470. The van der Waals surface area contributed by atoms with Crippen molar-refractivity contribution in [2.24, 2.45) is 0 Å². The molecule has 1 aromatic heterocycles. The van der Waals surface area contributed by atoms with Crippen LogP contribution in [-0.2, 0) is 23.1 Å². The van der Waals surface area contributed by atoms with Gasteiger partial charge >= 0.3 is 0 Å². The Morgan fingerprint density at radius 2 is 1.57 bits per heavy atom. The Morgan fingerprint density at radius 1 is 0.914 bits per heavy atom. The third-order valence-electron chi connectivity index (χ3n) is 5.72. The van der Waals surface area contributed by atoms with Crippen LogP contribution >= 0.6 is 0 Å². The van der Waals surface area contributed by atoms with Crippen molar-refractivity contribution in [2.75, 3.05) is 6.54 Å². The Balaban J connectivity index is 1.31. The number of nitrogens with zero attached hydrogens (tertiary/aromatic N) is 2. The summed E-state index contributed by atoms with van der Waals surface area (Å²) in [6, 6.07) is 20.4. The lowest BCUT2D eigenvalue weighted by Gasteiger charge is -2.10. The number of nitrogens with one attached hydrogen (secondary N) is 2. The van der Waals surface area contributed by atoms with E-state index in [1.807, 2.05) is 31.2 Å². The van der Waals surface area contributed by atoms with E-state index in [4.69, 9.17) is 0 Å². The molecular weight excluding hydrogens is 464 g/mol. The van der Waals surface area contributed by atoms with Crippen LogP contribution in [0.15, 0.2) is 77.7 Å². The third kappa shape index (κ3) is 5.64. The molecule has 0 bridgehead atoms. The van der Waals surface area contributed by atoms with Crippen molar-refractivity contribution in [3.05, 3.63) is 95.3 Å². The number of sulfonamides is 1. The maximum atomic E-state index is 12.5. The first-order valence-electron chi connectivity index (χ1n) is 11.1. The molecule has 1 heterocycles. The molecule has 2 N–H and O–H groups in total. The zero-order valence-electron chi connectivity index (χ0n) is 19.5. The fourth-order valence-corrected chi connectivity index (χ4v) is 4.78. The van der Waals surface area contributed by atoms with E-state index in [1.54, 1.807) is 24.3 Å². The molecule has 180 valence electrons. The Hall–Kier alpha value is -3.82. The van der Waals surface area contributed by atoms with Gasteiger partial charge in [-0.3, -0.25) is 9.59 Å². The summed E-state index contributed by atoms with van der Waals surface area (Å²) < 4.78 is 29.6. The number of imidazole rings is 1. The zero-order valence-corrected chi connectivity index (χ0v) is 20.3. The number of amides is 1. The lowest BCUT2D eigenvalue weighted by Crippen LogP contribution is -2.27. The lowest BCUT2D eigenvalue weighted by molar-refractivity contribution is 0.0951. The van der Waals surface area contributed by atoms with Gasteiger partial charge in [0.1, 0.15) is 5.82 Å². The highest BCUT2D eigenvalue weighted by Gasteiger charge is 2.14. The number of aromatic nitrogens is 2. The van der Waals surface area contributed by atoms with Gasteiger partial charge in [-0.15, -0.1) is 0 Å². The van der Waals surface area contributed by atoms with Gasteiger partial charge in [0.05, 0.1) is 15.9 Å². The molecule has 0 unspecified atom stereocenters. The number of para-hydroxylation sites is 2. The molecular formula is C26H26N4O4S. The summed E-state index contributed by atoms with van der Waals surface area (Å²) in [7, 11) is -3.73. The molecule has 0 aliphatic rings. The number of hydrogen-bond donors (Lipinski definition) is 2. The van der Waals surface area contributed by atoms with Gasteiger partial charge in [0.2, 0.25) is 10.0 Å². The van der Waals surface area contributed by atoms with Crippen molar-refractivity contribution < 1.29 is 18.0 Å². The highest BCUT2D eigenvalue weighted by molar-refractivity contribution is 7.89. The topological polar surface area (TPSA) is 110 Å². The number of ketones is 1. The van der Waals surface area contributed by atoms with Gasteiger partial charge in [-0.05, 0) is 55.8 Å². The van der Waals surface area contributed by atoms with Crippen LogP contribution in [0.3, 0.4) is 0 Å². The number of carbonyl (C=O) groups is 2. The van der Waals surface area contributed by atoms with Crippen LogP contribution in [0.2, 0.25) is 0 Å². The van der Waals surface area contributed by atoms with E-state index >= 15 is 0 Å². The molecule has 0 radical (unpaired) electrons. The van der Waals surface area contributed by atoms with Crippen LogP contribution in [0.1, 0.15) is 39.0 Å². The molecule has 0 spiro atoms. The van der Waals surface area contributed by atoms with Crippen LogP contribution in [-0.4, -0.2) is 36.2 Å². The minimum Gasteiger partial charge on any atom is -0.350 e. The van der Waals surface area contributed by atoms with E-state index in [1.165, 1.54) is 31.2 Å². The average molecular weight is 491 g/mol. The van der Waals surface area contributed by atoms with E-state index in [0.29, 0.717) is 29.8 Å². The van der Waals surface area contributed by atoms with E-state index in [2.05, 4.69) is 19.6 Å². The number of carbonyl (C=O) groups excluding carboxylic acids is 2. The normalized spacial score (nSPS) is 11.5. The van der Waals surface area contributed by atoms with Crippen molar-refractivity contribution in [3.63, 3.8) is 0 Å². The maximum absolute atomic E-state index is 12.5. The molecule has 0 aliphatic carbocycles. The first-order chi connectivity index (χ1) is 16.7. The number of benzene rings is 3. The van der Waals surface area contributed by atoms with Crippen LogP contribution in [0.5, 0.6) is 0 Å². The molecule has 1 amide bonds. The van der Waals surface area contributed by atoms with Crippen LogP contribution in [0.25, 0.3) is 11.0 Å². The third-order valence-corrected chi connectivity index (χ3v) is 7.14. The highest BCUT2D eigenvalue weighted by atomic mass is 32.2. The number of aryl methyl sites for hydroxylation is 1. The molecule has 9 heteroatoms. The largest absolute Gasteiger partial charge is 0.350 e. The SMILES string of the molecule is CC(=O)c1ccc(S(=O)(=O)NCc2ccc(C(=O)NCCn3c(C)nc4ccccc43)cc2)cc1. The summed E-state index contributed by atoms with van der Waals surface area (Å²) in [5, 5.41) is 2.92. The fraction of sp³-hybridized carbons (Fsp3) is 0.192. The van der Waals surface area contributed by atoms with E-state index in [9.17, 15) is 18.0 Å². The molecule has 0 saturated carbocycles. The van der Waals surface area contributed by atoms with Crippen molar-refractivity contribution in [1.82, 2.24) is 19.6 Å². The summed E-state index contributed by atoms with van der Waals surface area (Å²) in [5.74, 6) is 0.559. The lowest BCUT2D eigenvalue weighted by atomic mass is 10.1. The second kappa shape index (κ2) is 10.2. The predicted molar refractivity (Wildman–Crippen MR) is 134 cm³/mol. The number of rotatable bonds is 9. The first kappa shape index (κ1) is 24.3. The van der Waals surface area contributed by atoms with E-state index in [0.717, 1.165) is 16.9 Å². The molecule has 0 atom stereocenters.